The van der Waals surface area contributed by atoms with Crippen LogP contribution < -0.4 is 5.56 Å². The highest BCUT2D eigenvalue weighted by Crippen LogP contribution is 2.13. The van der Waals surface area contributed by atoms with Gasteiger partial charge in [0.25, 0.3) is 5.56 Å². The van der Waals surface area contributed by atoms with Crippen molar-refractivity contribution in [3.8, 4) is 0 Å². The van der Waals surface area contributed by atoms with Gasteiger partial charge in [-0.3, -0.25) is 9.20 Å². The van der Waals surface area contributed by atoms with E-state index in [2.05, 4.69) is 4.98 Å². The van der Waals surface area contributed by atoms with Gasteiger partial charge in [0.2, 0.25) is 0 Å². The minimum Gasteiger partial charge on any atom is -0.478 e. The monoisotopic (exact) mass is 324 g/mol. The summed E-state index contributed by atoms with van der Waals surface area (Å²) in [6.45, 7) is 1.97. The normalized spacial score (nSPS) is 11.4. The number of hydrogen-bond acceptors (Lipinski definition) is 4. The number of fused-ring (bicyclic) bond motifs is 1. The van der Waals surface area contributed by atoms with Gasteiger partial charge in [-0.25, -0.2) is 9.78 Å². The molecule has 0 aliphatic rings. The zero-order chi connectivity index (χ0) is 17.1. The zero-order valence-corrected chi connectivity index (χ0v) is 13.1. The second-order valence-corrected chi connectivity index (χ2v) is 5.33. The molecule has 3 aromatic rings. The minimum absolute atomic E-state index is 0.0488. The van der Waals surface area contributed by atoms with E-state index >= 15 is 0 Å². The van der Waals surface area contributed by atoms with Crippen molar-refractivity contribution in [2.75, 3.05) is 0 Å². The molecule has 122 valence electrons. The maximum Gasteiger partial charge on any atom is 0.337 e. The van der Waals surface area contributed by atoms with Gasteiger partial charge in [0.05, 0.1) is 17.5 Å². The van der Waals surface area contributed by atoms with Crippen LogP contribution in [0.15, 0.2) is 45.9 Å². The molecule has 0 saturated heterocycles. The first kappa shape index (κ1) is 15.7. The van der Waals surface area contributed by atoms with Crippen LogP contribution in [0.2, 0.25) is 0 Å². The first-order valence-corrected chi connectivity index (χ1v) is 7.60. The SMILES string of the molecule is CCCc1c(C=Cc2ccco2)nc2ccc(C(=O)O)cn2c1=O. The van der Waals surface area contributed by atoms with Crippen LogP contribution in [0.1, 0.15) is 40.7 Å². The van der Waals surface area contributed by atoms with E-state index in [0.717, 1.165) is 6.42 Å². The molecular weight excluding hydrogens is 308 g/mol. The smallest absolute Gasteiger partial charge is 0.337 e. The summed E-state index contributed by atoms with van der Waals surface area (Å²) in [5, 5.41) is 9.09. The van der Waals surface area contributed by atoms with Crippen LogP contribution in [0, 0.1) is 0 Å². The first-order chi connectivity index (χ1) is 11.6. The summed E-state index contributed by atoms with van der Waals surface area (Å²) >= 11 is 0. The molecule has 0 aliphatic heterocycles. The van der Waals surface area contributed by atoms with Gasteiger partial charge in [0.1, 0.15) is 11.4 Å². The van der Waals surface area contributed by atoms with Crippen LogP contribution in [0.4, 0.5) is 0 Å². The van der Waals surface area contributed by atoms with E-state index in [1.165, 1.54) is 22.7 Å². The average molecular weight is 324 g/mol. The van der Waals surface area contributed by atoms with Crippen molar-refractivity contribution in [3.05, 3.63) is 69.7 Å². The molecule has 0 amide bonds. The van der Waals surface area contributed by atoms with Crippen molar-refractivity contribution in [1.29, 1.82) is 0 Å². The van der Waals surface area contributed by atoms with Crippen LogP contribution in [-0.2, 0) is 6.42 Å². The van der Waals surface area contributed by atoms with Gasteiger partial charge in [-0.1, -0.05) is 13.3 Å². The van der Waals surface area contributed by atoms with Crippen LogP contribution in [0.5, 0.6) is 0 Å². The standard InChI is InChI=1S/C18H16N2O4/c1-2-4-14-15(8-7-13-5-3-10-24-13)19-16-9-6-12(18(22)23)11-20(16)17(14)21/h3,5-11H,2,4H2,1H3,(H,22,23). The van der Waals surface area contributed by atoms with Gasteiger partial charge in [0.15, 0.2) is 0 Å². The molecule has 6 heteroatoms. The predicted octanol–water partition coefficient (Wildman–Crippen LogP) is 3.11. The van der Waals surface area contributed by atoms with Crippen molar-refractivity contribution < 1.29 is 14.3 Å². The Balaban J connectivity index is 2.18. The van der Waals surface area contributed by atoms with Crippen LogP contribution >= 0.6 is 0 Å². The Bertz CT molecular complexity index is 969. The lowest BCUT2D eigenvalue weighted by Gasteiger charge is -2.08. The van der Waals surface area contributed by atoms with Crippen molar-refractivity contribution in [3.63, 3.8) is 0 Å². The molecule has 0 radical (unpaired) electrons. The van der Waals surface area contributed by atoms with Crippen LogP contribution in [0.25, 0.3) is 17.8 Å². The Morgan fingerprint density at radius 2 is 2.17 bits per heavy atom. The summed E-state index contributed by atoms with van der Waals surface area (Å²) in [5.74, 6) is -0.414. The maximum atomic E-state index is 12.7. The molecule has 1 N–H and O–H groups in total. The van der Waals surface area contributed by atoms with Gasteiger partial charge in [-0.15, -0.1) is 0 Å². The van der Waals surface area contributed by atoms with E-state index in [4.69, 9.17) is 9.52 Å². The summed E-state index contributed by atoms with van der Waals surface area (Å²) in [5.41, 5.74) is 1.34. The average Bonchev–Trinajstić information content (AvgIpc) is 3.09. The third-order valence-electron chi connectivity index (χ3n) is 3.64. The molecule has 0 saturated carbocycles. The van der Waals surface area contributed by atoms with E-state index in [1.54, 1.807) is 24.5 Å². The highest BCUT2D eigenvalue weighted by atomic mass is 16.4. The summed E-state index contributed by atoms with van der Waals surface area (Å²) in [6, 6.07) is 6.56. The van der Waals surface area contributed by atoms with Gasteiger partial charge in [-0.2, -0.15) is 0 Å². The zero-order valence-electron chi connectivity index (χ0n) is 13.1. The summed E-state index contributed by atoms with van der Waals surface area (Å²) < 4.78 is 6.54. The molecule has 6 nitrogen and oxygen atoms in total. The molecular formula is C18H16N2O4. The molecule has 0 atom stereocenters. The number of carbonyl (C=O) groups is 1. The van der Waals surface area contributed by atoms with E-state index in [1.807, 2.05) is 13.0 Å². The second-order valence-electron chi connectivity index (χ2n) is 5.33. The van der Waals surface area contributed by atoms with Gasteiger partial charge >= 0.3 is 5.97 Å². The topological polar surface area (TPSA) is 84.8 Å². The highest BCUT2D eigenvalue weighted by Gasteiger charge is 2.12. The lowest BCUT2D eigenvalue weighted by atomic mass is 10.1. The first-order valence-electron chi connectivity index (χ1n) is 7.60. The molecule has 0 fully saturated rings. The Labute approximate surface area is 137 Å². The van der Waals surface area contributed by atoms with E-state index in [0.29, 0.717) is 29.1 Å². The summed E-state index contributed by atoms with van der Waals surface area (Å²) in [6.07, 6.45) is 7.72. The number of pyridine rings is 1. The molecule has 0 spiro atoms. The van der Waals surface area contributed by atoms with Crippen LogP contribution in [0.3, 0.4) is 0 Å². The summed E-state index contributed by atoms with van der Waals surface area (Å²) in [4.78, 5) is 28.4. The molecule has 0 bridgehead atoms. The number of furan rings is 1. The molecule has 0 aliphatic carbocycles. The fourth-order valence-electron chi connectivity index (χ4n) is 2.49. The number of hydrogen-bond donors (Lipinski definition) is 1. The Kier molecular flexibility index (Phi) is 4.29. The van der Waals surface area contributed by atoms with Crippen molar-refractivity contribution in [1.82, 2.24) is 9.38 Å². The Hall–Kier alpha value is -3.15. The molecule has 3 aromatic heterocycles. The lowest BCUT2D eigenvalue weighted by Crippen LogP contribution is -2.22. The number of carboxylic acid groups (broad SMARTS) is 1. The maximum absolute atomic E-state index is 12.7. The van der Waals surface area contributed by atoms with E-state index in [9.17, 15) is 9.59 Å². The number of nitrogens with zero attached hydrogens (tertiary/aromatic N) is 2. The number of carboxylic acids is 1. The van der Waals surface area contributed by atoms with Crippen molar-refractivity contribution in [2.45, 2.75) is 19.8 Å². The third-order valence-corrected chi connectivity index (χ3v) is 3.64. The number of aromatic carboxylic acids is 1. The second kappa shape index (κ2) is 6.54. The molecule has 0 aromatic carbocycles. The quantitative estimate of drug-likeness (QED) is 0.779. The lowest BCUT2D eigenvalue weighted by molar-refractivity contribution is 0.0696. The van der Waals surface area contributed by atoms with Crippen LogP contribution in [-0.4, -0.2) is 20.5 Å². The van der Waals surface area contributed by atoms with Gasteiger partial charge in [-0.05, 0) is 42.8 Å². The minimum atomic E-state index is -1.08. The third kappa shape index (κ3) is 2.99. The largest absolute Gasteiger partial charge is 0.478 e. The highest BCUT2D eigenvalue weighted by molar-refractivity contribution is 5.87. The van der Waals surface area contributed by atoms with Crippen molar-refractivity contribution in [2.24, 2.45) is 0 Å². The summed E-state index contributed by atoms with van der Waals surface area (Å²) in [7, 11) is 0. The molecule has 3 heterocycles. The fraction of sp³-hybridized carbons (Fsp3) is 0.167. The molecule has 24 heavy (non-hydrogen) atoms. The predicted molar refractivity (Wildman–Crippen MR) is 90.1 cm³/mol. The Morgan fingerprint density at radius 3 is 2.83 bits per heavy atom. The molecule has 0 unspecified atom stereocenters. The molecule has 3 rings (SSSR count). The number of aromatic nitrogens is 2. The van der Waals surface area contributed by atoms with Gasteiger partial charge < -0.3 is 9.52 Å². The van der Waals surface area contributed by atoms with Gasteiger partial charge in [0, 0.05) is 11.8 Å². The Morgan fingerprint density at radius 1 is 1.33 bits per heavy atom. The van der Waals surface area contributed by atoms with E-state index in [-0.39, 0.29) is 11.1 Å². The van der Waals surface area contributed by atoms with E-state index < -0.39 is 5.97 Å². The van der Waals surface area contributed by atoms with Crippen molar-refractivity contribution >= 4 is 23.8 Å². The number of rotatable bonds is 5. The fourth-order valence-corrected chi connectivity index (χ4v) is 2.49.